The molecule has 4 heteroatoms. The Balaban J connectivity index is 2.02. The number of benzene rings is 1. The van der Waals surface area contributed by atoms with Crippen molar-refractivity contribution < 1.29 is 9.13 Å². The molecule has 0 bridgehead atoms. The molecule has 1 saturated heterocycles. The number of fused-ring (bicyclic) bond motifs is 1. The predicted molar refractivity (Wildman–Crippen MR) is 57.8 cm³/mol. The van der Waals surface area contributed by atoms with Crippen molar-refractivity contribution in [3.05, 3.63) is 47.8 Å². The van der Waals surface area contributed by atoms with E-state index in [2.05, 4.69) is 0 Å². The third kappa shape index (κ3) is 1.31. The molecule has 1 aliphatic carbocycles. The van der Waals surface area contributed by atoms with Gasteiger partial charge < -0.3 is 16.2 Å². The average molecular weight is 220 g/mol. The van der Waals surface area contributed by atoms with Gasteiger partial charge in [0.1, 0.15) is 11.4 Å². The highest BCUT2D eigenvalue weighted by molar-refractivity contribution is 5.39. The summed E-state index contributed by atoms with van der Waals surface area (Å²) >= 11 is 0. The molecule has 1 heterocycles. The monoisotopic (exact) mass is 220 g/mol. The van der Waals surface area contributed by atoms with Gasteiger partial charge in [-0.3, -0.25) is 0 Å². The molecule has 3 rings (SSSR count). The summed E-state index contributed by atoms with van der Waals surface area (Å²) in [6, 6.07) is 6.63. The van der Waals surface area contributed by atoms with Crippen LogP contribution in [0.25, 0.3) is 0 Å². The van der Waals surface area contributed by atoms with E-state index in [1.807, 2.05) is 0 Å². The van der Waals surface area contributed by atoms with E-state index in [-0.39, 0.29) is 11.9 Å². The number of hydrogen-bond acceptors (Lipinski definition) is 3. The summed E-state index contributed by atoms with van der Waals surface area (Å²) in [6.07, 6.45) is 3.88. The second kappa shape index (κ2) is 2.91. The number of halogens is 1. The van der Waals surface area contributed by atoms with E-state index in [1.54, 1.807) is 30.4 Å². The average Bonchev–Trinajstić information content (AvgIpc) is 2.91. The second-order valence-corrected chi connectivity index (χ2v) is 4.53. The van der Waals surface area contributed by atoms with Crippen molar-refractivity contribution in [2.24, 2.45) is 11.5 Å². The summed E-state index contributed by atoms with van der Waals surface area (Å²) < 4.78 is 19.2. The predicted octanol–water partition coefficient (Wildman–Crippen LogP) is 0.993. The van der Waals surface area contributed by atoms with Crippen LogP contribution in [0.4, 0.5) is 4.39 Å². The van der Waals surface area contributed by atoms with Crippen LogP contribution < -0.4 is 11.5 Å². The first kappa shape index (κ1) is 9.96. The van der Waals surface area contributed by atoms with Crippen LogP contribution in [0.15, 0.2) is 36.4 Å². The maximum atomic E-state index is 13.7. The maximum Gasteiger partial charge on any atom is 0.141 e. The lowest BCUT2D eigenvalue weighted by Crippen LogP contribution is -2.50. The smallest absolute Gasteiger partial charge is 0.141 e. The zero-order chi connectivity index (χ0) is 11.4. The van der Waals surface area contributed by atoms with Crippen LogP contribution >= 0.6 is 0 Å². The van der Waals surface area contributed by atoms with Crippen LogP contribution in [0.2, 0.25) is 0 Å². The largest absolute Gasteiger partial charge is 0.356 e. The van der Waals surface area contributed by atoms with Gasteiger partial charge in [0.2, 0.25) is 0 Å². The molecule has 1 aromatic carbocycles. The second-order valence-electron chi connectivity index (χ2n) is 4.53. The highest BCUT2D eigenvalue weighted by atomic mass is 19.1. The molecule has 16 heavy (non-hydrogen) atoms. The Bertz CT molecular complexity index is 472. The van der Waals surface area contributed by atoms with Gasteiger partial charge in [-0.15, -0.1) is 0 Å². The van der Waals surface area contributed by atoms with Gasteiger partial charge in [-0.05, 0) is 12.1 Å². The van der Waals surface area contributed by atoms with E-state index in [1.165, 1.54) is 6.07 Å². The first-order valence-corrected chi connectivity index (χ1v) is 5.24. The van der Waals surface area contributed by atoms with Gasteiger partial charge in [0, 0.05) is 12.0 Å². The summed E-state index contributed by atoms with van der Waals surface area (Å²) in [7, 11) is 0. The van der Waals surface area contributed by atoms with Crippen LogP contribution in [-0.2, 0) is 10.3 Å². The van der Waals surface area contributed by atoms with E-state index < -0.39 is 11.3 Å². The normalized spacial score (nSPS) is 34.6. The van der Waals surface area contributed by atoms with Gasteiger partial charge in [-0.2, -0.15) is 0 Å². The lowest BCUT2D eigenvalue weighted by molar-refractivity contribution is 0.320. The Kier molecular flexibility index (Phi) is 1.81. The Hall–Kier alpha value is -1.23. The van der Waals surface area contributed by atoms with E-state index in [9.17, 15) is 4.39 Å². The lowest BCUT2D eigenvalue weighted by atomic mass is 9.84. The molecule has 1 fully saturated rings. The zero-order valence-electron chi connectivity index (χ0n) is 8.69. The number of epoxide rings is 1. The minimum absolute atomic E-state index is 0.107. The van der Waals surface area contributed by atoms with Crippen molar-refractivity contribution in [1.82, 2.24) is 0 Å². The molecular weight excluding hydrogens is 207 g/mol. The van der Waals surface area contributed by atoms with Gasteiger partial charge in [-0.25, -0.2) is 4.39 Å². The molecule has 0 aromatic heterocycles. The first-order chi connectivity index (χ1) is 7.54. The van der Waals surface area contributed by atoms with E-state index in [0.717, 1.165) is 0 Å². The quantitative estimate of drug-likeness (QED) is 0.421. The molecule has 0 spiro atoms. The minimum Gasteiger partial charge on any atom is -0.356 e. The summed E-state index contributed by atoms with van der Waals surface area (Å²) in [4.78, 5) is 0. The van der Waals surface area contributed by atoms with Crippen molar-refractivity contribution in [1.29, 1.82) is 0 Å². The van der Waals surface area contributed by atoms with Gasteiger partial charge in [0.05, 0.1) is 11.8 Å². The number of hydrogen-bond donors (Lipinski definition) is 2. The van der Waals surface area contributed by atoms with Crippen LogP contribution in [0.5, 0.6) is 0 Å². The minimum atomic E-state index is -0.837. The summed E-state index contributed by atoms with van der Waals surface area (Å²) in [5.74, 6) is -0.254. The Morgan fingerprint density at radius 3 is 2.69 bits per heavy atom. The van der Waals surface area contributed by atoms with Crippen molar-refractivity contribution in [3.63, 3.8) is 0 Å². The molecule has 1 aliphatic heterocycles. The molecule has 0 saturated carbocycles. The summed E-state index contributed by atoms with van der Waals surface area (Å²) in [5, 5.41) is 0. The molecule has 84 valence electrons. The molecular formula is C12H13FN2O. The first-order valence-electron chi connectivity index (χ1n) is 5.24. The Morgan fingerprint density at radius 2 is 2.00 bits per heavy atom. The van der Waals surface area contributed by atoms with Crippen LogP contribution in [0.3, 0.4) is 0 Å². The molecule has 2 unspecified atom stereocenters. The van der Waals surface area contributed by atoms with Crippen LogP contribution in [-0.4, -0.2) is 11.8 Å². The van der Waals surface area contributed by atoms with E-state index >= 15 is 0 Å². The fraction of sp³-hybridized carbons (Fsp3) is 0.333. The van der Waals surface area contributed by atoms with Gasteiger partial charge in [0.25, 0.3) is 0 Å². The zero-order valence-corrected chi connectivity index (χ0v) is 8.69. The Morgan fingerprint density at radius 1 is 1.25 bits per heavy atom. The lowest BCUT2D eigenvalue weighted by Gasteiger charge is -2.24. The van der Waals surface area contributed by atoms with Crippen LogP contribution in [0, 0.1) is 5.82 Å². The van der Waals surface area contributed by atoms with Gasteiger partial charge in [-0.1, -0.05) is 24.3 Å². The maximum absolute atomic E-state index is 13.7. The SMILES string of the molecule is NC1(N)C=CC2(c3ccccc3F)OC2C1. The molecule has 4 N–H and O–H groups in total. The van der Waals surface area contributed by atoms with Gasteiger partial charge >= 0.3 is 0 Å². The molecule has 0 amide bonds. The standard InChI is InChI=1S/C12H13FN2O/c13-9-4-2-1-3-8(9)12-6-5-11(14,15)7-10(12)16-12/h1-6,10H,7,14-15H2. The van der Waals surface area contributed by atoms with Crippen molar-refractivity contribution in [2.75, 3.05) is 0 Å². The van der Waals surface area contributed by atoms with E-state index in [4.69, 9.17) is 16.2 Å². The van der Waals surface area contributed by atoms with Gasteiger partial charge in [0.15, 0.2) is 0 Å². The topological polar surface area (TPSA) is 64.6 Å². The molecule has 0 radical (unpaired) electrons. The third-order valence-electron chi connectivity index (χ3n) is 3.23. The number of nitrogens with two attached hydrogens (primary N) is 2. The fourth-order valence-electron chi connectivity index (χ4n) is 2.31. The Labute approximate surface area is 92.9 Å². The number of rotatable bonds is 1. The molecule has 2 aliphatic rings. The molecule has 2 atom stereocenters. The van der Waals surface area contributed by atoms with E-state index in [0.29, 0.717) is 12.0 Å². The third-order valence-corrected chi connectivity index (χ3v) is 3.23. The van der Waals surface area contributed by atoms with Crippen molar-refractivity contribution in [2.45, 2.75) is 23.8 Å². The van der Waals surface area contributed by atoms with Crippen molar-refractivity contribution in [3.8, 4) is 0 Å². The molecule has 1 aromatic rings. The summed E-state index contributed by atoms with van der Waals surface area (Å²) in [5.41, 5.74) is 10.7. The highest BCUT2D eigenvalue weighted by Gasteiger charge is 2.60. The number of ether oxygens (including phenoxy) is 1. The highest BCUT2D eigenvalue weighted by Crippen LogP contribution is 2.53. The molecule has 3 nitrogen and oxygen atoms in total. The summed E-state index contributed by atoms with van der Waals surface area (Å²) in [6.45, 7) is 0. The van der Waals surface area contributed by atoms with Crippen molar-refractivity contribution >= 4 is 0 Å². The fourth-order valence-corrected chi connectivity index (χ4v) is 2.31. The van der Waals surface area contributed by atoms with Crippen LogP contribution in [0.1, 0.15) is 12.0 Å².